The number of para-hydroxylation sites is 1. The van der Waals surface area contributed by atoms with Gasteiger partial charge in [0.2, 0.25) is 5.91 Å². The van der Waals surface area contributed by atoms with Crippen LogP contribution >= 0.6 is 0 Å². The molecule has 0 atom stereocenters. The quantitative estimate of drug-likeness (QED) is 0.829. The Hall–Kier alpha value is -2.54. The van der Waals surface area contributed by atoms with Gasteiger partial charge < -0.3 is 10.5 Å². The van der Waals surface area contributed by atoms with Crippen molar-refractivity contribution in [3.8, 4) is 5.75 Å². The lowest BCUT2D eigenvalue weighted by Crippen LogP contribution is -2.34. The van der Waals surface area contributed by atoms with E-state index in [4.69, 9.17) is 10.5 Å². The van der Waals surface area contributed by atoms with E-state index in [1.54, 1.807) is 49.4 Å². The molecule has 0 radical (unpaired) electrons. The molecule has 0 fully saturated rings. The fourth-order valence-corrected chi connectivity index (χ4v) is 4.03. The Morgan fingerprint density at radius 2 is 1.83 bits per heavy atom. The van der Waals surface area contributed by atoms with Gasteiger partial charge in [0.1, 0.15) is 5.75 Å². The van der Waals surface area contributed by atoms with Gasteiger partial charge >= 0.3 is 0 Å². The summed E-state index contributed by atoms with van der Waals surface area (Å²) in [6.45, 7) is 1.68. The van der Waals surface area contributed by atoms with Gasteiger partial charge in [0.15, 0.2) is 0 Å². The topological polar surface area (TPSA) is 89.7 Å². The van der Waals surface area contributed by atoms with Gasteiger partial charge in [-0.3, -0.25) is 9.10 Å². The van der Waals surface area contributed by atoms with Crippen LogP contribution in [0.2, 0.25) is 0 Å². The number of carbonyl (C=O) groups is 1. The molecule has 0 spiro atoms. The van der Waals surface area contributed by atoms with Gasteiger partial charge in [-0.1, -0.05) is 18.2 Å². The van der Waals surface area contributed by atoms with E-state index in [-0.39, 0.29) is 17.9 Å². The first kappa shape index (κ1) is 17.8. The molecule has 0 unspecified atom stereocenters. The van der Waals surface area contributed by atoms with Crippen molar-refractivity contribution in [2.75, 3.05) is 18.0 Å². The van der Waals surface area contributed by atoms with Gasteiger partial charge in [0.25, 0.3) is 10.0 Å². The average Bonchev–Trinajstić information content (AvgIpc) is 2.55. The summed E-state index contributed by atoms with van der Waals surface area (Å²) in [5, 5.41) is 0. The molecule has 1 amide bonds. The molecule has 2 aromatic carbocycles. The van der Waals surface area contributed by atoms with Crippen molar-refractivity contribution in [2.45, 2.75) is 18.2 Å². The summed E-state index contributed by atoms with van der Waals surface area (Å²) in [7, 11) is -2.32. The molecule has 128 valence electrons. The third kappa shape index (κ3) is 3.86. The zero-order chi connectivity index (χ0) is 17.7. The van der Waals surface area contributed by atoms with Gasteiger partial charge in [-0.25, -0.2) is 8.42 Å². The van der Waals surface area contributed by atoms with E-state index in [0.717, 1.165) is 0 Å². The van der Waals surface area contributed by atoms with Crippen molar-refractivity contribution in [1.82, 2.24) is 0 Å². The van der Waals surface area contributed by atoms with Crippen molar-refractivity contribution in [3.63, 3.8) is 0 Å². The number of hydrogen-bond donors (Lipinski definition) is 1. The lowest BCUT2D eigenvalue weighted by atomic mass is 10.2. The molecule has 6 nitrogen and oxygen atoms in total. The van der Waals surface area contributed by atoms with Gasteiger partial charge in [-0.2, -0.15) is 0 Å². The van der Waals surface area contributed by atoms with Crippen molar-refractivity contribution < 1.29 is 17.9 Å². The fraction of sp³-hybridized carbons (Fsp3) is 0.235. The Balaban J connectivity index is 2.49. The van der Waals surface area contributed by atoms with Crippen LogP contribution in [0.15, 0.2) is 53.4 Å². The first-order valence-corrected chi connectivity index (χ1v) is 8.81. The maximum Gasteiger partial charge on any atom is 0.264 e. The van der Waals surface area contributed by atoms with Crippen molar-refractivity contribution in [3.05, 3.63) is 54.1 Å². The Morgan fingerprint density at radius 3 is 2.38 bits per heavy atom. The Bertz CT molecular complexity index is 820. The number of nitrogens with zero attached hydrogens (tertiary/aromatic N) is 1. The molecule has 0 aromatic heterocycles. The minimum atomic E-state index is -3.84. The van der Waals surface area contributed by atoms with E-state index < -0.39 is 15.9 Å². The summed E-state index contributed by atoms with van der Waals surface area (Å²) >= 11 is 0. The third-order valence-corrected chi connectivity index (χ3v) is 5.54. The third-order valence-electron chi connectivity index (χ3n) is 3.56. The molecule has 0 aliphatic rings. The van der Waals surface area contributed by atoms with Gasteiger partial charge in [0.05, 0.1) is 17.7 Å². The second-order valence-electron chi connectivity index (χ2n) is 5.26. The minimum absolute atomic E-state index is 0.0207. The molecule has 7 heteroatoms. The summed E-state index contributed by atoms with van der Waals surface area (Å²) in [6, 6.07) is 13.4. The van der Waals surface area contributed by atoms with E-state index in [9.17, 15) is 13.2 Å². The standard InChI is InChI=1S/C17H20N2O4S/c1-13-12-15(23-2)8-9-16(13)24(21,22)19(11-10-17(18)20)14-6-4-3-5-7-14/h3-9,12H,10-11H2,1-2H3,(H2,18,20). The van der Waals surface area contributed by atoms with Crippen LogP contribution in [0.1, 0.15) is 12.0 Å². The molecule has 2 rings (SSSR count). The second kappa shape index (κ2) is 7.35. The number of ether oxygens (including phenoxy) is 1. The molecule has 2 aromatic rings. The summed E-state index contributed by atoms with van der Waals surface area (Å²) in [4.78, 5) is 11.3. The number of nitrogens with two attached hydrogens (primary N) is 1. The maximum absolute atomic E-state index is 13.1. The van der Waals surface area contributed by atoms with Crippen molar-refractivity contribution in [2.24, 2.45) is 5.73 Å². The Labute approximate surface area is 141 Å². The highest BCUT2D eigenvalue weighted by Gasteiger charge is 2.26. The number of aryl methyl sites for hydroxylation is 1. The van der Waals surface area contributed by atoms with E-state index in [1.807, 2.05) is 0 Å². The van der Waals surface area contributed by atoms with Crippen LogP contribution in [-0.2, 0) is 14.8 Å². The zero-order valence-electron chi connectivity index (χ0n) is 13.6. The molecule has 2 N–H and O–H groups in total. The van der Waals surface area contributed by atoms with Gasteiger partial charge in [-0.05, 0) is 42.8 Å². The van der Waals surface area contributed by atoms with E-state index in [2.05, 4.69) is 0 Å². The molecular weight excluding hydrogens is 328 g/mol. The normalized spacial score (nSPS) is 11.1. The first-order chi connectivity index (χ1) is 11.4. The molecule has 0 aliphatic carbocycles. The molecule has 0 heterocycles. The summed E-state index contributed by atoms with van der Waals surface area (Å²) in [6.07, 6.45) is -0.0661. The van der Waals surface area contributed by atoms with Gasteiger partial charge in [0, 0.05) is 13.0 Å². The zero-order valence-corrected chi connectivity index (χ0v) is 14.4. The fourth-order valence-electron chi connectivity index (χ4n) is 2.35. The predicted molar refractivity (Wildman–Crippen MR) is 92.5 cm³/mol. The van der Waals surface area contributed by atoms with Crippen LogP contribution < -0.4 is 14.8 Å². The number of primary amides is 1. The number of hydrogen-bond acceptors (Lipinski definition) is 4. The van der Waals surface area contributed by atoms with Crippen LogP contribution in [-0.4, -0.2) is 28.0 Å². The van der Waals surface area contributed by atoms with Crippen molar-refractivity contribution in [1.29, 1.82) is 0 Å². The number of methoxy groups -OCH3 is 1. The second-order valence-corrected chi connectivity index (χ2v) is 7.09. The lowest BCUT2D eigenvalue weighted by molar-refractivity contribution is -0.117. The number of amides is 1. The highest BCUT2D eigenvalue weighted by Crippen LogP contribution is 2.28. The highest BCUT2D eigenvalue weighted by atomic mass is 32.2. The van der Waals surface area contributed by atoms with E-state index in [1.165, 1.54) is 17.5 Å². The first-order valence-electron chi connectivity index (χ1n) is 7.37. The predicted octanol–water partition coefficient (Wildman–Crippen LogP) is 2.07. The van der Waals surface area contributed by atoms with Crippen LogP contribution in [0, 0.1) is 6.92 Å². The van der Waals surface area contributed by atoms with E-state index in [0.29, 0.717) is 17.0 Å². The number of sulfonamides is 1. The molecular formula is C17H20N2O4S. The molecule has 0 bridgehead atoms. The average molecular weight is 348 g/mol. The summed E-state index contributed by atoms with van der Waals surface area (Å²) < 4.78 is 32.5. The van der Waals surface area contributed by atoms with Crippen LogP contribution in [0.4, 0.5) is 5.69 Å². The van der Waals surface area contributed by atoms with E-state index >= 15 is 0 Å². The number of anilines is 1. The number of carbonyl (C=O) groups excluding carboxylic acids is 1. The van der Waals surface area contributed by atoms with Crippen LogP contribution in [0.3, 0.4) is 0 Å². The molecule has 0 aliphatic heterocycles. The Kier molecular flexibility index (Phi) is 5.46. The van der Waals surface area contributed by atoms with Gasteiger partial charge in [-0.15, -0.1) is 0 Å². The Morgan fingerprint density at radius 1 is 1.17 bits per heavy atom. The number of rotatable bonds is 7. The highest BCUT2D eigenvalue weighted by molar-refractivity contribution is 7.92. The lowest BCUT2D eigenvalue weighted by Gasteiger charge is -2.25. The minimum Gasteiger partial charge on any atom is -0.497 e. The summed E-state index contributed by atoms with van der Waals surface area (Å²) in [5.41, 5.74) is 6.24. The van der Waals surface area contributed by atoms with Crippen LogP contribution in [0.25, 0.3) is 0 Å². The van der Waals surface area contributed by atoms with Crippen molar-refractivity contribution >= 4 is 21.6 Å². The smallest absolute Gasteiger partial charge is 0.264 e. The number of benzene rings is 2. The SMILES string of the molecule is COc1ccc(S(=O)(=O)N(CCC(N)=O)c2ccccc2)c(C)c1. The monoisotopic (exact) mass is 348 g/mol. The van der Waals surface area contributed by atoms with Crippen LogP contribution in [0.5, 0.6) is 5.75 Å². The molecule has 24 heavy (non-hydrogen) atoms. The summed E-state index contributed by atoms with van der Waals surface area (Å²) in [5.74, 6) is 0.0208. The maximum atomic E-state index is 13.1. The largest absolute Gasteiger partial charge is 0.497 e. The molecule has 0 saturated carbocycles. The molecule has 0 saturated heterocycles.